The van der Waals surface area contributed by atoms with Gasteiger partial charge in [0.15, 0.2) is 5.82 Å². The van der Waals surface area contributed by atoms with E-state index < -0.39 is 0 Å². The highest BCUT2D eigenvalue weighted by Crippen LogP contribution is 2.10. The molecule has 0 radical (unpaired) electrons. The van der Waals surface area contributed by atoms with E-state index in [1.165, 1.54) is 0 Å². The quantitative estimate of drug-likeness (QED) is 0.742. The summed E-state index contributed by atoms with van der Waals surface area (Å²) in [6.07, 6.45) is 1.85. The van der Waals surface area contributed by atoms with Gasteiger partial charge in [-0.3, -0.25) is 10.00 Å². The first-order valence-corrected chi connectivity index (χ1v) is 8.62. The first-order valence-electron chi connectivity index (χ1n) is 8.62. The molecular weight excluding hydrogens is 324 g/mol. The summed E-state index contributed by atoms with van der Waals surface area (Å²) in [4.78, 5) is 25.6. The second kappa shape index (κ2) is 8.70. The summed E-state index contributed by atoms with van der Waals surface area (Å²) < 4.78 is 7.30. The Labute approximate surface area is 148 Å². The van der Waals surface area contributed by atoms with Crippen LogP contribution >= 0.6 is 0 Å². The van der Waals surface area contributed by atoms with Crippen LogP contribution in [0.4, 0.5) is 15.4 Å². The van der Waals surface area contributed by atoms with Crippen molar-refractivity contribution in [2.75, 3.05) is 25.0 Å². The number of carbonyl (C=O) groups is 2. The van der Waals surface area contributed by atoms with E-state index in [9.17, 15) is 9.59 Å². The van der Waals surface area contributed by atoms with Crippen LogP contribution in [0.5, 0.6) is 0 Å². The summed E-state index contributed by atoms with van der Waals surface area (Å²) in [5.41, 5.74) is 0. The van der Waals surface area contributed by atoms with E-state index in [0.717, 1.165) is 0 Å². The van der Waals surface area contributed by atoms with Gasteiger partial charge in [0.05, 0.1) is 18.8 Å². The number of urea groups is 2. The van der Waals surface area contributed by atoms with Gasteiger partial charge >= 0.3 is 12.1 Å². The first-order chi connectivity index (χ1) is 11.8. The second-order valence-electron chi connectivity index (χ2n) is 6.61. The Kier molecular flexibility index (Phi) is 6.63. The lowest BCUT2D eigenvalue weighted by Gasteiger charge is -2.35. The lowest BCUT2D eigenvalue weighted by Crippen LogP contribution is -2.52. The Hall–Kier alpha value is -2.29. The van der Waals surface area contributed by atoms with Gasteiger partial charge in [0.1, 0.15) is 0 Å². The predicted octanol–water partition coefficient (Wildman–Crippen LogP) is 1.23. The minimum atomic E-state index is -0.288. The van der Waals surface area contributed by atoms with Crippen LogP contribution in [0.2, 0.25) is 0 Å². The fourth-order valence-corrected chi connectivity index (χ4v) is 2.70. The van der Waals surface area contributed by atoms with Crippen molar-refractivity contribution in [1.82, 2.24) is 25.3 Å². The molecule has 9 heteroatoms. The molecule has 1 aliphatic rings. The molecule has 140 valence electrons. The monoisotopic (exact) mass is 352 g/mol. The molecule has 25 heavy (non-hydrogen) atoms. The standard InChI is InChI=1S/C16H28N6O3/c1-11(2)18-15(23)19-14-5-7-22(20-14)8-6-17-16(24)21-9-12(3)25-13(4)10-21/h5,7,11-13H,6,8-10H2,1-4H3,(H,17,24)(H2,18,19,20,23). The molecule has 0 aliphatic carbocycles. The number of nitrogens with zero attached hydrogens (tertiary/aromatic N) is 3. The average Bonchev–Trinajstić information content (AvgIpc) is 2.92. The molecule has 9 nitrogen and oxygen atoms in total. The Balaban J connectivity index is 1.73. The lowest BCUT2D eigenvalue weighted by atomic mass is 10.2. The van der Waals surface area contributed by atoms with Crippen molar-refractivity contribution in [1.29, 1.82) is 0 Å². The van der Waals surface area contributed by atoms with Gasteiger partial charge in [-0.2, -0.15) is 5.10 Å². The topological polar surface area (TPSA) is 101 Å². The van der Waals surface area contributed by atoms with Crippen molar-refractivity contribution >= 4 is 17.9 Å². The molecule has 4 amide bonds. The smallest absolute Gasteiger partial charge is 0.320 e. The van der Waals surface area contributed by atoms with Gasteiger partial charge in [0, 0.05) is 37.9 Å². The summed E-state index contributed by atoms with van der Waals surface area (Å²) in [6, 6.07) is 1.39. The van der Waals surface area contributed by atoms with Crippen molar-refractivity contribution in [2.45, 2.75) is 52.5 Å². The number of anilines is 1. The minimum Gasteiger partial charge on any atom is -0.372 e. The van der Waals surface area contributed by atoms with Crippen LogP contribution in [0.1, 0.15) is 27.7 Å². The number of nitrogens with one attached hydrogen (secondary N) is 3. The fraction of sp³-hybridized carbons (Fsp3) is 0.688. The van der Waals surface area contributed by atoms with E-state index in [1.54, 1.807) is 21.8 Å². The van der Waals surface area contributed by atoms with Crippen molar-refractivity contribution < 1.29 is 14.3 Å². The van der Waals surface area contributed by atoms with E-state index in [1.807, 2.05) is 27.7 Å². The third-order valence-corrected chi connectivity index (χ3v) is 3.63. The first kappa shape index (κ1) is 19.0. The van der Waals surface area contributed by atoms with Gasteiger partial charge in [0.25, 0.3) is 0 Å². The highest BCUT2D eigenvalue weighted by molar-refractivity contribution is 5.88. The maximum absolute atomic E-state index is 12.2. The summed E-state index contributed by atoms with van der Waals surface area (Å²) in [6.45, 7) is 9.86. The van der Waals surface area contributed by atoms with E-state index in [0.29, 0.717) is 32.0 Å². The normalized spacial score (nSPS) is 20.4. The Morgan fingerprint density at radius 1 is 1.32 bits per heavy atom. The fourth-order valence-electron chi connectivity index (χ4n) is 2.70. The molecule has 0 spiro atoms. The number of amides is 4. The van der Waals surface area contributed by atoms with Crippen LogP contribution in [-0.2, 0) is 11.3 Å². The number of aromatic nitrogens is 2. The predicted molar refractivity (Wildman–Crippen MR) is 94.5 cm³/mol. The van der Waals surface area contributed by atoms with Crippen molar-refractivity contribution in [3.05, 3.63) is 12.3 Å². The zero-order valence-electron chi connectivity index (χ0n) is 15.3. The summed E-state index contributed by atoms with van der Waals surface area (Å²) >= 11 is 0. The van der Waals surface area contributed by atoms with Crippen LogP contribution in [-0.4, -0.2) is 64.6 Å². The van der Waals surface area contributed by atoms with Crippen LogP contribution in [0.25, 0.3) is 0 Å². The average molecular weight is 352 g/mol. The molecule has 0 saturated carbocycles. The highest BCUT2D eigenvalue weighted by atomic mass is 16.5. The number of morpholine rings is 1. The molecule has 0 aromatic carbocycles. The molecule has 0 bridgehead atoms. The maximum Gasteiger partial charge on any atom is 0.320 e. The molecule has 1 aliphatic heterocycles. The maximum atomic E-state index is 12.2. The second-order valence-corrected chi connectivity index (χ2v) is 6.61. The van der Waals surface area contributed by atoms with Crippen molar-refractivity contribution in [2.24, 2.45) is 0 Å². The Morgan fingerprint density at radius 2 is 2.00 bits per heavy atom. The molecule has 3 N–H and O–H groups in total. The molecule has 2 unspecified atom stereocenters. The van der Waals surface area contributed by atoms with Gasteiger partial charge in [-0.25, -0.2) is 9.59 Å². The van der Waals surface area contributed by atoms with Gasteiger partial charge in [-0.1, -0.05) is 0 Å². The van der Waals surface area contributed by atoms with E-state index in [-0.39, 0.29) is 30.3 Å². The number of ether oxygens (including phenoxy) is 1. The largest absolute Gasteiger partial charge is 0.372 e. The molecule has 1 fully saturated rings. The highest BCUT2D eigenvalue weighted by Gasteiger charge is 2.25. The van der Waals surface area contributed by atoms with Crippen LogP contribution in [0.15, 0.2) is 12.3 Å². The van der Waals surface area contributed by atoms with Gasteiger partial charge in [-0.05, 0) is 27.7 Å². The van der Waals surface area contributed by atoms with Gasteiger partial charge < -0.3 is 20.3 Å². The van der Waals surface area contributed by atoms with Gasteiger partial charge in [0.2, 0.25) is 0 Å². The Morgan fingerprint density at radius 3 is 2.64 bits per heavy atom. The Bertz CT molecular complexity index is 578. The third kappa shape index (κ3) is 6.26. The van der Waals surface area contributed by atoms with E-state index >= 15 is 0 Å². The van der Waals surface area contributed by atoms with Crippen molar-refractivity contribution in [3.8, 4) is 0 Å². The summed E-state index contributed by atoms with van der Waals surface area (Å²) in [5.74, 6) is 0.473. The molecule has 1 aromatic heterocycles. The van der Waals surface area contributed by atoms with Crippen LogP contribution in [0, 0.1) is 0 Å². The number of hydrogen-bond acceptors (Lipinski definition) is 4. The van der Waals surface area contributed by atoms with Gasteiger partial charge in [-0.15, -0.1) is 0 Å². The molecule has 2 rings (SSSR count). The van der Waals surface area contributed by atoms with Crippen molar-refractivity contribution in [3.63, 3.8) is 0 Å². The zero-order chi connectivity index (χ0) is 18.4. The third-order valence-electron chi connectivity index (χ3n) is 3.63. The molecule has 1 saturated heterocycles. The lowest BCUT2D eigenvalue weighted by molar-refractivity contribution is -0.0545. The number of rotatable bonds is 5. The molecule has 2 heterocycles. The summed E-state index contributed by atoms with van der Waals surface area (Å²) in [7, 11) is 0. The zero-order valence-corrected chi connectivity index (χ0v) is 15.3. The van der Waals surface area contributed by atoms with E-state index in [2.05, 4.69) is 21.0 Å². The minimum absolute atomic E-state index is 0.0474. The number of hydrogen-bond donors (Lipinski definition) is 3. The summed E-state index contributed by atoms with van der Waals surface area (Å²) in [5, 5.41) is 12.5. The van der Waals surface area contributed by atoms with Crippen LogP contribution in [0.3, 0.4) is 0 Å². The SMILES string of the molecule is CC(C)NC(=O)Nc1ccn(CCNC(=O)N2CC(C)OC(C)C2)n1. The number of carbonyl (C=O) groups excluding carboxylic acids is 2. The molecular formula is C16H28N6O3. The molecule has 1 aromatic rings. The van der Waals surface area contributed by atoms with Crippen LogP contribution < -0.4 is 16.0 Å². The van der Waals surface area contributed by atoms with E-state index in [4.69, 9.17) is 4.74 Å². The molecule has 2 atom stereocenters.